The van der Waals surface area contributed by atoms with Gasteiger partial charge in [-0.1, -0.05) is 0 Å². The number of primary amides is 1. The summed E-state index contributed by atoms with van der Waals surface area (Å²) in [5, 5.41) is 36.2. The van der Waals surface area contributed by atoms with Gasteiger partial charge in [-0.3, -0.25) is 19.3 Å². The third kappa shape index (κ3) is 2.51. The molecule has 0 bridgehead atoms. The van der Waals surface area contributed by atoms with Crippen LogP contribution in [0.1, 0.15) is 19.8 Å². The van der Waals surface area contributed by atoms with Crippen LogP contribution in [0.5, 0.6) is 0 Å². The van der Waals surface area contributed by atoms with Crippen molar-refractivity contribution in [2.24, 2.45) is 17.6 Å². The van der Waals surface area contributed by atoms with E-state index in [-0.39, 0.29) is 17.8 Å². The number of aliphatic hydroxyl groups excluding tert-OH is 2. The van der Waals surface area contributed by atoms with Crippen LogP contribution < -0.4 is 11.1 Å². The van der Waals surface area contributed by atoms with Gasteiger partial charge >= 0.3 is 0 Å². The first-order valence-corrected chi connectivity index (χ1v) is 9.79. The fourth-order valence-electron chi connectivity index (χ4n) is 5.34. The molecule has 9 heteroatoms. The van der Waals surface area contributed by atoms with Gasteiger partial charge in [-0.15, -0.1) is 0 Å². The average Bonchev–Trinajstić information content (AvgIpc) is 2.64. The number of likely N-dealkylation sites (N-methyl/N-ethyl adjacent to an activating group) is 1. The van der Waals surface area contributed by atoms with E-state index in [2.05, 4.69) is 5.32 Å². The largest absolute Gasteiger partial charge is 0.508 e. The maximum atomic E-state index is 13.5. The van der Waals surface area contributed by atoms with E-state index in [1.807, 2.05) is 13.0 Å². The van der Waals surface area contributed by atoms with Crippen molar-refractivity contribution >= 4 is 17.5 Å². The quantitative estimate of drug-likeness (QED) is 0.387. The van der Waals surface area contributed by atoms with Crippen LogP contribution in [0.25, 0.3) is 0 Å². The topological polar surface area (TPSA) is 153 Å². The Bertz CT molecular complexity index is 1020. The highest BCUT2D eigenvalue weighted by molar-refractivity contribution is 6.24. The minimum absolute atomic E-state index is 0.0180. The first-order valence-electron chi connectivity index (χ1n) is 9.79. The van der Waals surface area contributed by atoms with Gasteiger partial charge in [0.15, 0.2) is 11.4 Å². The number of nitrogens with zero attached hydrogens (tertiary/aromatic N) is 1. The lowest BCUT2D eigenvalue weighted by Crippen LogP contribution is -2.65. The molecule has 0 aromatic heterocycles. The fourth-order valence-corrected chi connectivity index (χ4v) is 5.34. The Hall–Kier alpha value is -2.91. The second-order valence-electron chi connectivity index (χ2n) is 8.65. The number of hydrogen-bond donors (Lipinski definition) is 5. The number of fused-ring (bicyclic) bond motifs is 2. The fraction of sp³-hybridized carbons (Fsp3) is 0.476. The summed E-state index contributed by atoms with van der Waals surface area (Å²) in [6, 6.07) is -1.03. The van der Waals surface area contributed by atoms with Crippen LogP contribution in [-0.4, -0.2) is 70.0 Å². The van der Waals surface area contributed by atoms with E-state index in [0.717, 1.165) is 11.3 Å². The molecule has 4 rings (SSSR count). The normalized spacial score (nSPS) is 33.8. The van der Waals surface area contributed by atoms with Crippen molar-refractivity contribution in [3.8, 4) is 0 Å². The van der Waals surface area contributed by atoms with Gasteiger partial charge in [0.05, 0.1) is 6.04 Å². The van der Waals surface area contributed by atoms with E-state index >= 15 is 0 Å². The maximum Gasteiger partial charge on any atom is 0.255 e. The van der Waals surface area contributed by atoms with Crippen molar-refractivity contribution in [2.45, 2.75) is 31.4 Å². The van der Waals surface area contributed by atoms with Crippen LogP contribution in [0.3, 0.4) is 0 Å². The standard InChI is InChI=1S/C21H25N3O6/c1-8-4-9-5-10-6-12-15(24(2)3)17(26)14(20(22)29)19(28)21(12,30)18(27)13(10)16(25)11(9)7-23-8/h4,10,12,15,23,25,28,30H,5-7H2,1-3H3,(H2,22,29)/t10?,12-,15-,21-/m0/s1. The van der Waals surface area contributed by atoms with Gasteiger partial charge in [-0.2, -0.15) is 0 Å². The van der Waals surface area contributed by atoms with Gasteiger partial charge in [0.1, 0.15) is 17.1 Å². The zero-order valence-electron chi connectivity index (χ0n) is 17.0. The molecule has 9 nitrogen and oxygen atoms in total. The Morgan fingerprint density at radius 3 is 2.57 bits per heavy atom. The number of rotatable bonds is 2. The average molecular weight is 415 g/mol. The van der Waals surface area contributed by atoms with E-state index in [4.69, 9.17) is 5.73 Å². The number of hydrogen-bond acceptors (Lipinski definition) is 8. The smallest absolute Gasteiger partial charge is 0.255 e. The summed E-state index contributed by atoms with van der Waals surface area (Å²) in [5.74, 6) is -5.50. The molecule has 1 fully saturated rings. The molecule has 6 N–H and O–H groups in total. The first kappa shape index (κ1) is 20.4. The van der Waals surface area contributed by atoms with E-state index in [1.54, 1.807) is 14.1 Å². The number of ketones is 2. The lowest BCUT2D eigenvalue weighted by Gasteiger charge is -2.50. The Kier molecular flexibility index (Phi) is 4.44. The van der Waals surface area contributed by atoms with Crippen LogP contribution in [0.15, 0.2) is 45.6 Å². The zero-order valence-corrected chi connectivity index (χ0v) is 17.0. The van der Waals surface area contributed by atoms with Crippen LogP contribution in [0, 0.1) is 11.8 Å². The van der Waals surface area contributed by atoms with Crippen LogP contribution >= 0.6 is 0 Å². The predicted molar refractivity (Wildman–Crippen MR) is 106 cm³/mol. The summed E-state index contributed by atoms with van der Waals surface area (Å²) in [5.41, 5.74) is 4.43. The molecular weight excluding hydrogens is 390 g/mol. The molecule has 0 aromatic carbocycles. The highest BCUT2D eigenvalue weighted by atomic mass is 16.3. The number of carbonyl (C=O) groups is 3. The number of dihydropyridines is 1. The molecule has 160 valence electrons. The molecule has 0 radical (unpaired) electrons. The Morgan fingerprint density at radius 1 is 1.30 bits per heavy atom. The molecule has 1 aliphatic heterocycles. The number of nitrogens with two attached hydrogens (primary N) is 1. The van der Waals surface area contributed by atoms with Crippen molar-refractivity contribution in [1.29, 1.82) is 0 Å². The molecule has 1 amide bonds. The molecule has 1 saturated carbocycles. The minimum atomic E-state index is -2.51. The van der Waals surface area contributed by atoms with Gasteiger partial charge in [0, 0.05) is 29.3 Å². The molecule has 30 heavy (non-hydrogen) atoms. The number of aliphatic hydroxyl groups is 3. The summed E-state index contributed by atoms with van der Waals surface area (Å²) in [4.78, 5) is 39.9. The molecular formula is C21H25N3O6. The molecule has 4 aliphatic rings. The van der Waals surface area contributed by atoms with E-state index in [1.165, 1.54) is 4.90 Å². The zero-order chi connectivity index (χ0) is 22.1. The van der Waals surface area contributed by atoms with Gasteiger partial charge < -0.3 is 26.4 Å². The Labute approximate surface area is 173 Å². The highest BCUT2D eigenvalue weighted by Gasteiger charge is 2.64. The summed E-state index contributed by atoms with van der Waals surface area (Å²) in [7, 11) is 3.19. The number of nitrogens with one attached hydrogen (secondary N) is 1. The molecule has 1 heterocycles. The minimum Gasteiger partial charge on any atom is -0.508 e. The van der Waals surface area contributed by atoms with Crippen molar-refractivity contribution < 1.29 is 29.7 Å². The third-order valence-electron chi connectivity index (χ3n) is 6.70. The summed E-state index contributed by atoms with van der Waals surface area (Å²) in [6.07, 6.45) is 2.55. The van der Waals surface area contributed by atoms with Gasteiger partial charge in [-0.05, 0) is 51.4 Å². The second-order valence-corrected chi connectivity index (χ2v) is 8.65. The predicted octanol–water partition coefficient (Wildman–Crippen LogP) is -0.248. The van der Waals surface area contributed by atoms with Gasteiger partial charge in [0.2, 0.25) is 5.78 Å². The summed E-state index contributed by atoms with van der Waals surface area (Å²) in [6.45, 7) is 2.24. The SMILES string of the molecule is CC1=CC2=C(CN1)C(O)=C1C(=O)[C@]3(O)C(O)=C(C(N)=O)C(=O)[C@@H](N(C)C)[C@@H]3CC1C2. The molecule has 4 atom stereocenters. The molecule has 0 saturated heterocycles. The van der Waals surface area contributed by atoms with Crippen LogP contribution in [0.2, 0.25) is 0 Å². The van der Waals surface area contributed by atoms with E-state index in [9.17, 15) is 29.7 Å². The van der Waals surface area contributed by atoms with Crippen molar-refractivity contribution in [1.82, 2.24) is 10.2 Å². The van der Waals surface area contributed by atoms with E-state index in [0.29, 0.717) is 18.5 Å². The number of carbonyl (C=O) groups excluding carboxylic acids is 3. The summed E-state index contributed by atoms with van der Waals surface area (Å²) < 4.78 is 0. The molecule has 0 aromatic rings. The van der Waals surface area contributed by atoms with Gasteiger partial charge in [-0.25, -0.2) is 0 Å². The number of Topliss-reactive ketones (excluding diaryl/α,β-unsaturated/α-hetero) is 2. The van der Waals surface area contributed by atoms with Crippen molar-refractivity contribution in [3.63, 3.8) is 0 Å². The van der Waals surface area contributed by atoms with E-state index < -0.39 is 52.3 Å². The molecule has 0 spiro atoms. The number of allylic oxidation sites excluding steroid dienone is 3. The Balaban J connectivity index is 1.93. The van der Waals surface area contributed by atoms with Crippen LogP contribution in [-0.2, 0) is 14.4 Å². The maximum absolute atomic E-state index is 13.5. The van der Waals surface area contributed by atoms with Crippen molar-refractivity contribution in [3.05, 3.63) is 45.6 Å². The second kappa shape index (κ2) is 6.55. The molecule has 3 aliphatic carbocycles. The van der Waals surface area contributed by atoms with Gasteiger partial charge in [0.25, 0.3) is 5.91 Å². The monoisotopic (exact) mass is 415 g/mol. The first-order chi connectivity index (χ1) is 14.0. The van der Waals surface area contributed by atoms with Crippen LogP contribution in [0.4, 0.5) is 0 Å². The number of amides is 1. The lowest BCUT2D eigenvalue weighted by molar-refractivity contribution is -0.154. The Morgan fingerprint density at radius 2 is 1.97 bits per heavy atom. The summed E-state index contributed by atoms with van der Waals surface area (Å²) >= 11 is 0. The molecule has 1 unspecified atom stereocenters. The highest BCUT2D eigenvalue weighted by Crippen LogP contribution is 2.52. The third-order valence-corrected chi connectivity index (χ3v) is 6.70. The lowest BCUT2D eigenvalue weighted by atomic mass is 9.57. The van der Waals surface area contributed by atoms with Crippen molar-refractivity contribution in [2.75, 3.05) is 20.6 Å².